The van der Waals surface area contributed by atoms with Gasteiger partial charge in [0.1, 0.15) is 12.6 Å². The summed E-state index contributed by atoms with van der Waals surface area (Å²) in [4.78, 5) is 55.6. The average molecular weight is 298 g/mol. The zero-order valence-electron chi connectivity index (χ0n) is 10.9. The molecule has 1 heterocycles. The Labute approximate surface area is 117 Å². The van der Waals surface area contributed by atoms with Gasteiger partial charge in [0.15, 0.2) is 0 Å². The standard InChI is InChI=1S/C11H14N4O6/c12-7(16)2-1-6(11(20)21)13-9(18)5-15-10(19)4-3-8(17)14-15/h3-4,6H,1-2,5H2,(H2,12,16)(H,13,18)(H,14,17)(H,20,21)/t6-/m1/s1. The molecule has 1 aromatic rings. The van der Waals surface area contributed by atoms with Crippen LogP contribution >= 0.6 is 0 Å². The normalized spacial score (nSPS) is 11.6. The van der Waals surface area contributed by atoms with Gasteiger partial charge >= 0.3 is 5.97 Å². The Balaban J connectivity index is 2.72. The Bertz CT molecular complexity index is 661. The summed E-state index contributed by atoms with van der Waals surface area (Å²) in [5.74, 6) is -2.83. The fourth-order valence-corrected chi connectivity index (χ4v) is 1.51. The second kappa shape index (κ2) is 7.03. The van der Waals surface area contributed by atoms with Gasteiger partial charge in [0, 0.05) is 18.6 Å². The molecule has 2 amide bonds. The summed E-state index contributed by atoms with van der Waals surface area (Å²) in [5, 5.41) is 13.2. The number of nitrogens with two attached hydrogens (primary N) is 1. The lowest BCUT2D eigenvalue weighted by Gasteiger charge is -2.14. The molecule has 0 aliphatic rings. The molecule has 0 saturated carbocycles. The van der Waals surface area contributed by atoms with Gasteiger partial charge in [-0.05, 0) is 6.42 Å². The molecule has 0 spiro atoms. The number of primary amides is 1. The molecule has 10 nitrogen and oxygen atoms in total. The lowest BCUT2D eigenvalue weighted by molar-refractivity contribution is -0.142. The van der Waals surface area contributed by atoms with Crippen molar-refractivity contribution in [3.63, 3.8) is 0 Å². The van der Waals surface area contributed by atoms with E-state index in [1.165, 1.54) is 0 Å². The van der Waals surface area contributed by atoms with E-state index >= 15 is 0 Å². The van der Waals surface area contributed by atoms with Crippen LogP contribution in [0.1, 0.15) is 12.8 Å². The van der Waals surface area contributed by atoms with Gasteiger partial charge in [-0.15, -0.1) is 0 Å². The van der Waals surface area contributed by atoms with Crippen LogP contribution in [0.5, 0.6) is 0 Å². The van der Waals surface area contributed by atoms with Crippen molar-refractivity contribution in [1.82, 2.24) is 15.1 Å². The number of nitrogens with one attached hydrogen (secondary N) is 2. The first-order chi connectivity index (χ1) is 9.79. The summed E-state index contributed by atoms with van der Waals surface area (Å²) in [6.45, 7) is -0.546. The molecule has 0 bridgehead atoms. The summed E-state index contributed by atoms with van der Waals surface area (Å²) in [7, 11) is 0. The number of H-pyrrole nitrogens is 1. The number of carbonyl (C=O) groups excluding carboxylic acids is 2. The number of aromatic amines is 1. The van der Waals surface area contributed by atoms with Crippen molar-refractivity contribution in [3.05, 3.63) is 32.8 Å². The predicted octanol–water partition coefficient (Wildman–Crippen LogP) is -2.63. The minimum absolute atomic E-state index is 0.170. The second-order valence-electron chi connectivity index (χ2n) is 4.20. The van der Waals surface area contributed by atoms with Gasteiger partial charge in [-0.2, -0.15) is 0 Å². The van der Waals surface area contributed by atoms with Crippen LogP contribution in [0.25, 0.3) is 0 Å². The average Bonchev–Trinajstić information content (AvgIpc) is 2.38. The Kier molecular flexibility index (Phi) is 5.40. The molecular weight excluding hydrogens is 284 g/mol. The molecule has 0 radical (unpaired) electrons. The van der Waals surface area contributed by atoms with Crippen molar-refractivity contribution in [3.8, 4) is 0 Å². The highest BCUT2D eigenvalue weighted by Gasteiger charge is 2.20. The topological polar surface area (TPSA) is 164 Å². The quantitative estimate of drug-likeness (QED) is 0.430. The molecule has 21 heavy (non-hydrogen) atoms. The van der Waals surface area contributed by atoms with Crippen molar-refractivity contribution in [2.75, 3.05) is 0 Å². The van der Waals surface area contributed by atoms with Gasteiger partial charge in [0.2, 0.25) is 11.8 Å². The van der Waals surface area contributed by atoms with Crippen LogP contribution in [0.4, 0.5) is 0 Å². The molecule has 1 atom stereocenters. The fourth-order valence-electron chi connectivity index (χ4n) is 1.51. The first kappa shape index (κ1) is 16.1. The van der Waals surface area contributed by atoms with Crippen LogP contribution in [0.15, 0.2) is 21.7 Å². The van der Waals surface area contributed by atoms with E-state index in [2.05, 4.69) is 10.4 Å². The minimum atomic E-state index is -1.33. The maximum Gasteiger partial charge on any atom is 0.326 e. The molecule has 0 aliphatic heterocycles. The zero-order chi connectivity index (χ0) is 16.0. The van der Waals surface area contributed by atoms with Crippen LogP contribution in [0.2, 0.25) is 0 Å². The lowest BCUT2D eigenvalue weighted by Crippen LogP contribution is -2.44. The summed E-state index contributed by atoms with van der Waals surface area (Å²) in [6, 6.07) is 0.675. The third-order valence-corrected chi connectivity index (χ3v) is 2.50. The second-order valence-corrected chi connectivity index (χ2v) is 4.20. The number of aliphatic carboxylic acids is 1. The molecule has 1 aromatic heterocycles. The van der Waals surface area contributed by atoms with Crippen molar-refractivity contribution >= 4 is 17.8 Å². The largest absolute Gasteiger partial charge is 0.480 e. The van der Waals surface area contributed by atoms with E-state index in [0.717, 1.165) is 16.8 Å². The molecule has 5 N–H and O–H groups in total. The fraction of sp³-hybridized carbons (Fsp3) is 0.364. The number of nitrogens with zero attached hydrogens (tertiary/aromatic N) is 1. The minimum Gasteiger partial charge on any atom is -0.480 e. The molecule has 1 rings (SSSR count). The third-order valence-electron chi connectivity index (χ3n) is 2.50. The number of hydrogen-bond donors (Lipinski definition) is 4. The number of carboxylic acids is 1. The van der Waals surface area contributed by atoms with Crippen molar-refractivity contribution in [1.29, 1.82) is 0 Å². The van der Waals surface area contributed by atoms with Gasteiger partial charge in [-0.25, -0.2) is 9.48 Å². The van der Waals surface area contributed by atoms with Crippen LogP contribution in [-0.2, 0) is 20.9 Å². The van der Waals surface area contributed by atoms with Crippen LogP contribution in [0, 0.1) is 0 Å². The number of aromatic nitrogens is 2. The van der Waals surface area contributed by atoms with Gasteiger partial charge in [0.05, 0.1) is 0 Å². The molecule has 0 aromatic carbocycles. The zero-order valence-corrected chi connectivity index (χ0v) is 10.9. The lowest BCUT2D eigenvalue weighted by atomic mass is 10.1. The Morgan fingerprint density at radius 3 is 2.57 bits per heavy atom. The Morgan fingerprint density at radius 1 is 1.33 bits per heavy atom. The molecule has 114 valence electrons. The maximum absolute atomic E-state index is 11.7. The highest BCUT2D eigenvalue weighted by Crippen LogP contribution is 1.97. The Hall–Kier alpha value is -2.91. The SMILES string of the molecule is NC(=O)CC[C@@H](NC(=O)Cn1[nH]c(=O)ccc1=O)C(=O)O. The van der Waals surface area contributed by atoms with Gasteiger partial charge in [0.25, 0.3) is 11.1 Å². The molecular formula is C11H14N4O6. The summed E-state index contributed by atoms with van der Waals surface area (Å²) in [5.41, 5.74) is 3.71. The maximum atomic E-state index is 11.7. The molecule has 0 fully saturated rings. The van der Waals surface area contributed by atoms with Gasteiger partial charge < -0.3 is 16.2 Å². The van der Waals surface area contributed by atoms with E-state index in [4.69, 9.17) is 10.8 Å². The molecule has 0 unspecified atom stereocenters. The third kappa shape index (κ3) is 5.30. The van der Waals surface area contributed by atoms with E-state index in [9.17, 15) is 24.0 Å². The molecule has 0 saturated heterocycles. The number of carboxylic acid groups (broad SMARTS) is 1. The molecule has 0 aliphatic carbocycles. The summed E-state index contributed by atoms with van der Waals surface area (Å²) >= 11 is 0. The van der Waals surface area contributed by atoms with Crippen molar-refractivity contribution in [2.24, 2.45) is 5.73 Å². The van der Waals surface area contributed by atoms with Gasteiger partial charge in [-0.1, -0.05) is 0 Å². The van der Waals surface area contributed by atoms with E-state index < -0.39 is 41.5 Å². The number of carbonyl (C=O) groups is 3. The number of hydrogen-bond acceptors (Lipinski definition) is 5. The first-order valence-corrected chi connectivity index (χ1v) is 5.90. The summed E-state index contributed by atoms with van der Waals surface area (Å²) < 4.78 is 0.741. The number of amides is 2. The summed E-state index contributed by atoms with van der Waals surface area (Å²) in [6.07, 6.45) is -0.379. The van der Waals surface area contributed by atoms with Crippen LogP contribution < -0.4 is 22.2 Å². The Morgan fingerprint density at radius 2 is 2.00 bits per heavy atom. The van der Waals surface area contributed by atoms with E-state index in [0.29, 0.717) is 0 Å². The van der Waals surface area contributed by atoms with E-state index in [-0.39, 0.29) is 12.8 Å². The highest BCUT2D eigenvalue weighted by atomic mass is 16.4. The van der Waals surface area contributed by atoms with E-state index in [1.807, 2.05) is 0 Å². The monoisotopic (exact) mass is 298 g/mol. The number of rotatable bonds is 7. The van der Waals surface area contributed by atoms with Crippen molar-refractivity contribution in [2.45, 2.75) is 25.4 Å². The predicted molar refractivity (Wildman–Crippen MR) is 69.3 cm³/mol. The van der Waals surface area contributed by atoms with Crippen LogP contribution in [-0.4, -0.2) is 38.7 Å². The van der Waals surface area contributed by atoms with E-state index in [1.54, 1.807) is 0 Å². The molecule has 10 heteroatoms. The highest BCUT2D eigenvalue weighted by molar-refractivity contribution is 5.84. The van der Waals surface area contributed by atoms with Gasteiger partial charge in [-0.3, -0.25) is 24.3 Å². The van der Waals surface area contributed by atoms with Crippen molar-refractivity contribution < 1.29 is 19.5 Å². The first-order valence-electron chi connectivity index (χ1n) is 5.90. The smallest absolute Gasteiger partial charge is 0.326 e. The van der Waals surface area contributed by atoms with Crippen LogP contribution in [0.3, 0.4) is 0 Å².